The second-order valence-corrected chi connectivity index (χ2v) is 6.78. The van der Waals surface area contributed by atoms with E-state index in [4.69, 9.17) is 14.9 Å². The van der Waals surface area contributed by atoms with Crippen molar-refractivity contribution >= 4 is 11.0 Å². The average molecular weight is 353 g/mol. The summed E-state index contributed by atoms with van der Waals surface area (Å²) in [7, 11) is 0. The van der Waals surface area contributed by atoms with Crippen LogP contribution >= 0.6 is 0 Å². The molecule has 0 radical (unpaired) electrons. The SMILES string of the molecule is ONC(O)c1ccc(Cn2ccc3cc(C4CCOCC4)cnc32)cc1. The summed E-state index contributed by atoms with van der Waals surface area (Å²) in [6, 6.07) is 11.8. The Morgan fingerprint density at radius 2 is 1.96 bits per heavy atom. The zero-order valence-electron chi connectivity index (χ0n) is 14.5. The van der Waals surface area contributed by atoms with Gasteiger partial charge in [0.25, 0.3) is 0 Å². The summed E-state index contributed by atoms with van der Waals surface area (Å²) in [6.07, 6.45) is 5.12. The van der Waals surface area contributed by atoms with Gasteiger partial charge in [-0.2, -0.15) is 5.48 Å². The summed E-state index contributed by atoms with van der Waals surface area (Å²) in [4.78, 5) is 4.71. The molecule has 26 heavy (non-hydrogen) atoms. The molecule has 4 rings (SSSR count). The molecule has 3 N–H and O–H groups in total. The summed E-state index contributed by atoms with van der Waals surface area (Å²) in [5, 5.41) is 19.5. The zero-order valence-corrected chi connectivity index (χ0v) is 14.5. The number of aliphatic hydroxyl groups excluding tert-OH is 1. The Morgan fingerprint density at radius 1 is 1.19 bits per heavy atom. The van der Waals surface area contributed by atoms with Crippen molar-refractivity contribution in [2.24, 2.45) is 0 Å². The molecule has 1 aromatic carbocycles. The first kappa shape index (κ1) is 17.2. The highest BCUT2D eigenvalue weighted by molar-refractivity contribution is 5.77. The molecule has 1 unspecified atom stereocenters. The van der Waals surface area contributed by atoms with Crippen LogP contribution in [0.3, 0.4) is 0 Å². The Labute approximate surface area is 152 Å². The van der Waals surface area contributed by atoms with Crippen molar-refractivity contribution in [3.8, 4) is 0 Å². The molecule has 2 aromatic heterocycles. The van der Waals surface area contributed by atoms with Crippen molar-refractivity contribution in [3.63, 3.8) is 0 Å². The van der Waals surface area contributed by atoms with Crippen molar-refractivity contribution in [3.05, 3.63) is 65.5 Å². The van der Waals surface area contributed by atoms with E-state index < -0.39 is 6.23 Å². The number of nitrogens with zero attached hydrogens (tertiary/aromatic N) is 2. The van der Waals surface area contributed by atoms with Crippen LogP contribution in [0.1, 0.15) is 41.7 Å². The van der Waals surface area contributed by atoms with Gasteiger partial charge in [0.05, 0.1) is 0 Å². The molecule has 6 nitrogen and oxygen atoms in total. The number of hydrogen-bond donors (Lipinski definition) is 3. The molecule has 1 aliphatic rings. The molecule has 0 bridgehead atoms. The van der Waals surface area contributed by atoms with E-state index in [9.17, 15) is 5.11 Å². The lowest BCUT2D eigenvalue weighted by Gasteiger charge is -2.22. The van der Waals surface area contributed by atoms with Crippen LogP contribution in [0.5, 0.6) is 0 Å². The molecule has 1 saturated heterocycles. The van der Waals surface area contributed by atoms with Gasteiger partial charge in [-0.25, -0.2) is 4.98 Å². The Kier molecular flexibility index (Phi) is 4.99. The van der Waals surface area contributed by atoms with Crippen molar-refractivity contribution in [2.75, 3.05) is 13.2 Å². The van der Waals surface area contributed by atoms with Gasteiger partial charge in [-0.05, 0) is 47.6 Å². The van der Waals surface area contributed by atoms with Crippen LogP contribution in [-0.4, -0.2) is 33.1 Å². The predicted octanol–water partition coefficient (Wildman–Crippen LogP) is 2.95. The summed E-state index contributed by atoms with van der Waals surface area (Å²) < 4.78 is 7.58. The minimum absolute atomic E-state index is 0.545. The number of aromatic nitrogens is 2. The number of ether oxygens (including phenoxy) is 1. The van der Waals surface area contributed by atoms with Gasteiger partial charge in [0.1, 0.15) is 5.65 Å². The van der Waals surface area contributed by atoms with Gasteiger partial charge in [-0.1, -0.05) is 24.3 Å². The zero-order chi connectivity index (χ0) is 17.9. The van der Waals surface area contributed by atoms with Crippen molar-refractivity contribution < 1.29 is 15.1 Å². The van der Waals surface area contributed by atoms with Crippen LogP contribution in [0.2, 0.25) is 0 Å². The van der Waals surface area contributed by atoms with Gasteiger partial charge in [0.2, 0.25) is 0 Å². The van der Waals surface area contributed by atoms with Crippen molar-refractivity contribution in [2.45, 2.75) is 31.5 Å². The van der Waals surface area contributed by atoms with E-state index >= 15 is 0 Å². The molecule has 3 heterocycles. The number of hydroxylamine groups is 1. The van der Waals surface area contributed by atoms with E-state index in [0.29, 0.717) is 18.0 Å². The minimum Gasteiger partial charge on any atom is -0.381 e. The molecule has 0 aliphatic carbocycles. The highest BCUT2D eigenvalue weighted by Crippen LogP contribution is 2.28. The maximum atomic E-state index is 9.57. The third-order valence-electron chi connectivity index (χ3n) is 5.09. The maximum Gasteiger partial charge on any atom is 0.152 e. The van der Waals surface area contributed by atoms with Crippen LogP contribution in [-0.2, 0) is 11.3 Å². The highest BCUT2D eigenvalue weighted by Gasteiger charge is 2.17. The second-order valence-electron chi connectivity index (χ2n) is 6.78. The van der Waals surface area contributed by atoms with Crippen LogP contribution in [0.25, 0.3) is 11.0 Å². The van der Waals surface area contributed by atoms with Crippen LogP contribution in [0.15, 0.2) is 48.8 Å². The van der Waals surface area contributed by atoms with Gasteiger partial charge >= 0.3 is 0 Å². The lowest BCUT2D eigenvalue weighted by atomic mass is 9.92. The van der Waals surface area contributed by atoms with E-state index in [1.807, 2.05) is 23.8 Å². The number of pyridine rings is 1. The minimum atomic E-state index is -1.07. The first-order valence-electron chi connectivity index (χ1n) is 8.93. The van der Waals surface area contributed by atoms with E-state index in [0.717, 1.165) is 42.7 Å². The number of aliphatic hydroxyl groups is 1. The number of rotatable bonds is 5. The van der Waals surface area contributed by atoms with Gasteiger partial charge in [0, 0.05) is 37.5 Å². The molecule has 1 aliphatic heterocycles. The van der Waals surface area contributed by atoms with Crippen LogP contribution < -0.4 is 5.48 Å². The number of benzene rings is 1. The molecule has 1 atom stereocenters. The monoisotopic (exact) mass is 353 g/mol. The standard InChI is InChI=1S/C20H23N3O3/c24-20(22-25)16-3-1-14(2-4-16)13-23-8-5-17-11-18(12-21-19(17)23)15-6-9-26-10-7-15/h1-5,8,11-12,15,20,22,24-25H,6-7,9-10,13H2. The summed E-state index contributed by atoms with van der Waals surface area (Å²) in [6.45, 7) is 2.37. The molecule has 136 valence electrons. The topological polar surface area (TPSA) is 79.5 Å². The first-order chi connectivity index (χ1) is 12.7. The largest absolute Gasteiger partial charge is 0.381 e. The Morgan fingerprint density at radius 3 is 2.69 bits per heavy atom. The van der Waals surface area contributed by atoms with Gasteiger partial charge in [-0.15, -0.1) is 0 Å². The number of hydrogen-bond acceptors (Lipinski definition) is 5. The first-order valence-corrected chi connectivity index (χ1v) is 8.93. The quantitative estimate of drug-likeness (QED) is 0.485. The molecule has 0 saturated carbocycles. The summed E-state index contributed by atoms with van der Waals surface area (Å²) >= 11 is 0. The normalized spacial score (nSPS) is 16.8. The number of nitrogens with one attached hydrogen (secondary N) is 1. The smallest absolute Gasteiger partial charge is 0.152 e. The fourth-order valence-corrected chi connectivity index (χ4v) is 3.55. The van der Waals surface area contributed by atoms with E-state index in [1.165, 1.54) is 5.56 Å². The average Bonchev–Trinajstić information content (AvgIpc) is 3.10. The number of fused-ring (bicyclic) bond motifs is 1. The fraction of sp³-hybridized carbons (Fsp3) is 0.350. The van der Waals surface area contributed by atoms with E-state index in [2.05, 4.69) is 22.9 Å². The molecular weight excluding hydrogens is 330 g/mol. The predicted molar refractivity (Wildman–Crippen MR) is 98.0 cm³/mol. The fourth-order valence-electron chi connectivity index (χ4n) is 3.55. The van der Waals surface area contributed by atoms with Crippen LogP contribution in [0, 0.1) is 0 Å². The molecular formula is C20H23N3O3. The lowest BCUT2D eigenvalue weighted by Crippen LogP contribution is -2.15. The molecule has 3 aromatic rings. The highest BCUT2D eigenvalue weighted by atomic mass is 16.5. The Balaban J connectivity index is 1.53. The third-order valence-corrected chi connectivity index (χ3v) is 5.09. The van der Waals surface area contributed by atoms with Crippen molar-refractivity contribution in [1.29, 1.82) is 0 Å². The lowest BCUT2D eigenvalue weighted by molar-refractivity contribution is 0.000692. The molecule has 6 heteroatoms. The molecule has 0 spiro atoms. The maximum absolute atomic E-state index is 9.57. The molecule has 1 fully saturated rings. The molecule has 0 amide bonds. The van der Waals surface area contributed by atoms with E-state index in [-0.39, 0.29) is 0 Å². The van der Waals surface area contributed by atoms with Gasteiger partial charge < -0.3 is 19.6 Å². The van der Waals surface area contributed by atoms with Gasteiger partial charge in [-0.3, -0.25) is 0 Å². The Hall–Kier alpha value is -2.25. The third kappa shape index (κ3) is 3.50. The van der Waals surface area contributed by atoms with Gasteiger partial charge in [0.15, 0.2) is 6.23 Å². The van der Waals surface area contributed by atoms with Crippen LogP contribution in [0.4, 0.5) is 0 Å². The van der Waals surface area contributed by atoms with E-state index in [1.54, 1.807) is 12.1 Å². The Bertz CT molecular complexity index is 870. The summed E-state index contributed by atoms with van der Waals surface area (Å²) in [5.41, 5.74) is 5.83. The summed E-state index contributed by atoms with van der Waals surface area (Å²) in [5.74, 6) is 0.545. The van der Waals surface area contributed by atoms with Crippen molar-refractivity contribution in [1.82, 2.24) is 15.0 Å². The second kappa shape index (κ2) is 7.55.